The lowest BCUT2D eigenvalue weighted by Gasteiger charge is -2.10. The van der Waals surface area contributed by atoms with Gasteiger partial charge in [0, 0.05) is 12.0 Å². The number of benzene rings is 3. The second-order valence-corrected chi connectivity index (χ2v) is 8.04. The number of para-hydroxylation sites is 4. The van der Waals surface area contributed by atoms with Crippen LogP contribution in [0.2, 0.25) is 0 Å². The smallest absolute Gasteiger partial charge is 0.274 e. The van der Waals surface area contributed by atoms with Crippen LogP contribution in [0.4, 0.5) is 0 Å². The van der Waals surface area contributed by atoms with E-state index in [-0.39, 0.29) is 5.56 Å². The molecule has 6 heteroatoms. The van der Waals surface area contributed by atoms with Gasteiger partial charge in [0.05, 0.1) is 28.8 Å². The zero-order valence-corrected chi connectivity index (χ0v) is 17.5. The maximum Gasteiger partial charge on any atom is 0.274 e. The maximum absolute atomic E-state index is 13.0. The highest BCUT2D eigenvalue weighted by molar-refractivity contribution is 7.15. The Morgan fingerprint density at radius 1 is 0.871 bits per heavy atom. The number of ether oxygens (including phenoxy) is 2. The van der Waals surface area contributed by atoms with Crippen molar-refractivity contribution < 1.29 is 9.47 Å². The Labute approximate surface area is 182 Å². The van der Waals surface area contributed by atoms with Gasteiger partial charge in [-0.1, -0.05) is 59.9 Å². The molecule has 5 nitrogen and oxygen atoms in total. The molecule has 0 spiro atoms. The molecule has 5 aromatic rings. The molecular formula is C25H20N2O3S. The van der Waals surface area contributed by atoms with Gasteiger partial charge in [-0.2, -0.15) is 0 Å². The van der Waals surface area contributed by atoms with Crippen LogP contribution in [0.5, 0.6) is 11.5 Å². The zero-order valence-electron chi connectivity index (χ0n) is 16.7. The van der Waals surface area contributed by atoms with Crippen LogP contribution in [0, 0.1) is 0 Å². The fourth-order valence-corrected chi connectivity index (χ4v) is 4.41. The van der Waals surface area contributed by atoms with Crippen LogP contribution in [-0.4, -0.2) is 22.6 Å². The predicted octanol–water partition coefficient (Wildman–Crippen LogP) is 4.30. The normalized spacial score (nSPS) is 11.9. The standard InChI is InChI=1S/C25H20N2O3S/c28-24-23(31-25-26-20-12-5-6-13-21(20)27(24)25)17-18-9-4-7-14-22(18)30-16-8-15-29-19-10-2-1-3-11-19/h1-7,9-14,17H,8,15-16H2/b23-17+. The van der Waals surface area contributed by atoms with Crippen molar-refractivity contribution in [1.29, 1.82) is 0 Å². The lowest BCUT2D eigenvalue weighted by molar-refractivity contribution is 0.247. The molecule has 0 bridgehead atoms. The van der Waals surface area contributed by atoms with Crippen molar-refractivity contribution in [2.45, 2.75) is 6.42 Å². The summed E-state index contributed by atoms with van der Waals surface area (Å²) in [5.41, 5.74) is 2.48. The molecule has 0 saturated heterocycles. The number of rotatable bonds is 7. The lowest BCUT2D eigenvalue weighted by atomic mass is 10.2. The Morgan fingerprint density at radius 3 is 2.52 bits per heavy atom. The summed E-state index contributed by atoms with van der Waals surface area (Å²) in [4.78, 5) is 18.3. The minimum absolute atomic E-state index is 0.0558. The minimum Gasteiger partial charge on any atom is -0.493 e. The molecular weight excluding hydrogens is 408 g/mol. The lowest BCUT2D eigenvalue weighted by Crippen LogP contribution is -2.22. The van der Waals surface area contributed by atoms with E-state index in [0.29, 0.717) is 22.7 Å². The van der Waals surface area contributed by atoms with E-state index in [1.807, 2.05) is 84.9 Å². The molecule has 0 amide bonds. The first-order chi connectivity index (χ1) is 15.3. The number of hydrogen-bond acceptors (Lipinski definition) is 5. The van der Waals surface area contributed by atoms with Gasteiger partial charge >= 0.3 is 0 Å². The largest absolute Gasteiger partial charge is 0.493 e. The molecule has 0 atom stereocenters. The SMILES string of the molecule is O=c1/c(=C\c2ccccc2OCCCOc2ccccc2)sc2nc3ccccc3n12. The van der Waals surface area contributed by atoms with Crippen LogP contribution in [0.15, 0.2) is 83.7 Å². The summed E-state index contributed by atoms with van der Waals surface area (Å²) in [6.07, 6.45) is 2.64. The third kappa shape index (κ3) is 4.02. The second-order valence-electron chi connectivity index (χ2n) is 7.04. The number of nitrogens with zero attached hydrogens (tertiary/aromatic N) is 2. The van der Waals surface area contributed by atoms with E-state index >= 15 is 0 Å². The Kier molecular flexibility index (Phi) is 5.37. The minimum atomic E-state index is -0.0558. The van der Waals surface area contributed by atoms with E-state index in [9.17, 15) is 4.79 Å². The van der Waals surface area contributed by atoms with Crippen LogP contribution >= 0.6 is 11.3 Å². The van der Waals surface area contributed by atoms with Gasteiger partial charge in [-0.25, -0.2) is 9.38 Å². The van der Waals surface area contributed by atoms with Crippen molar-refractivity contribution in [3.05, 3.63) is 99.3 Å². The first-order valence-electron chi connectivity index (χ1n) is 10.1. The van der Waals surface area contributed by atoms with Gasteiger partial charge in [-0.3, -0.25) is 4.79 Å². The highest BCUT2D eigenvalue weighted by Crippen LogP contribution is 2.20. The van der Waals surface area contributed by atoms with Crippen LogP contribution in [0.3, 0.4) is 0 Å². The topological polar surface area (TPSA) is 52.8 Å². The van der Waals surface area contributed by atoms with Gasteiger partial charge in [0.25, 0.3) is 5.56 Å². The highest BCUT2D eigenvalue weighted by atomic mass is 32.1. The summed E-state index contributed by atoms with van der Waals surface area (Å²) in [5, 5.41) is 0. The van der Waals surface area contributed by atoms with Gasteiger partial charge in [0.2, 0.25) is 0 Å². The molecule has 5 rings (SSSR count). The summed E-state index contributed by atoms with van der Waals surface area (Å²) >= 11 is 1.39. The predicted molar refractivity (Wildman–Crippen MR) is 124 cm³/mol. The van der Waals surface area contributed by atoms with E-state index in [2.05, 4.69) is 4.98 Å². The first-order valence-corrected chi connectivity index (χ1v) is 10.9. The van der Waals surface area contributed by atoms with E-state index in [0.717, 1.165) is 34.5 Å². The third-order valence-electron chi connectivity index (χ3n) is 4.91. The van der Waals surface area contributed by atoms with Gasteiger partial charge in [-0.05, 0) is 36.4 Å². The molecule has 0 N–H and O–H groups in total. The molecule has 3 aromatic carbocycles. The van der Waals surface area contributed by atoms with Crippen molar-refractivity contribution in [2.75, 3.05) is 13.2 Å². The molecule has 0 aliphatic heterocycles. The molecule has 0 radical (unpaired) electrons. The summed E-state index contributed by atoms with van der Waals surface area (Å²) in [5.74, 6) is 1.60. The van der Waals surface area contributed by atoms with E-state index in [1.165, 1.54) is 11.3 Å². The number of fused-ring (bicyclic) bond motifs is 3. The summed E-state index contributed by atoms with van der Waals surface area (Å²) in [7, 11) is 0. The summed E-state index contributed by atoms with van der Waals surface area (Å²) in [6, 6.07) is 25.2. The summed E-state index contributed by atoms with van der Waals surface area (Å²) < 4.78 is 14.0. The maximum atomic E-state index is 13.0. The van der Waals surface area contributed by atoms with Crippen molar-refractivity contribution >= 4 is 33.4 Å². The monoisotopic (exact) mass is 428 g/mol. The van der Waals surface area contributed by atoms with Gasteiger partial charge < -0.3 is 9.47 Å². The van der Waals surface area contributed by atoms with Crippen molar-refractivity contribution in [1.82, 2.24) is 9.38 Å². The second kappa shape index (κ2) is 8.62. The number of aromatic nitrogens is 2. The molecule has 0 fully saturated rings. The van der Waals surface area contributed by atoms with Crippen LogP contribution in [-0.2, 0) is 0 Å². The van der Waals surface area contributed by atoms with Crippen LogP contribution in [0.1, 0.15) is 12.0 Å². The van der Waals surface area contributed by atoms with E-state index < -0.39 is 0 Å². The first kappa shape index (κ1) is 19.3. The van der Waals surface area contributed by atoms with E-state index in [1.54, 1.807) is 4.40 Å². The molecule has 154 valence electrons. The van der Waals surface area contributed by atoms with Crippen molar-refractivity contribution in [3.8, 4) is 11.5 Å². The summed E-state index contributed by atoms with van der Waals surface area (Å²) in [6.45, 7) is 1.11. The van der Waals surface area contributed by atoms with Crippen molar-refractivity contribution in [2.24, 2.45) is 0 Å². The molecule has 2 aromatic heterocycles. The molecule has 31 heavy (non-hydrogen) atoms. The molecule has 0 unspecified atom stereocenters. The third-order valence-corrected chi connectivity index (χ3v) is 5.88. The molecule has 0 aliphatic carbocycles. The number of hydrogen-bond donors (Lipinski definition) is 0. The van der Waals surface area contributed by atoms with Crippen LogP contribution in [0.25, 0.3) is 22.1 Å². The number of thiazole rings is 1. The average Bonchev–Trinajstić information content (AvgIpc) is 3.31. The van der Waals surface area contributed by atoms with Gasteiger partial charge in [-0.15, -0.1) is 0 Å². The number of imidazole rings is 1. The Bertz CT molecular complexity index is 1440. The fourth-order valence-electron chi connectivity index (χ4n) is 3.43. The quantitative estimate of drug-likeness (QED) is 0.363. The average molecular weight is 429 g/mol. The van der Waals surface area contributed by atoms with Gasteiger partial charge in [0.1, 0.15) is 11.5 Å². The Morgan fingerprint density at radius 2 is 1.61 bits per heavy atom. The molecule has 2 heterocycles. The Hall–Kier alpha value is -3.64. The zero-order chi connectivity index (χ0) is 21.0. The fraction of sp³-hybridized carbons (Fsp3) is 0.120. The molecule has 0 aliphatic rings. The van der Waals surface area contributed by atoms with Crippen LogP contribution < -0.4 is 19.6 Å². The highest BCUT2D eigenvalue weighted by Gasteiger charge is 2.11. The molecule has 0 saturated carbocycles. The van der Waals surface area contributed by atoms with Gasteiger partial charge in [0.15, 0.2) is 4.96 Å². The Balaban J connectivity index is 1.34. The van der Waals surface area contributed by atoms with E-state index in [4.69, 9.17) is 9.47 Å². The van der Waals surface area contributed by atoms with Crippen molar-refractivity contribution in [3.63, 3.8) is 0 Å².